The third-order valence-corrected chi connectivity index (χ3v) is 6.37. The lowest BCUT2D eigenvalue weighted by molar-refractivity contribution is -0.155. The van der Waals surface area contributed by atoms with Crippen molar-refractivity contribution in [1.82, 2.24) is 5.06 Å². The van der Waals surface area contributed by atoms with Gasteiger partial charge in [0.25, 0.3) is 0 Å². The van der Waals surface area contributed by atoms with E-state index in [0.717, 1.165) is 12.1 Å². The summed E-state index contributed by atoms with van der Waals surface area (Å²) in [5, 5.41) is 12.1. The van der Waals surface area contributed by atoms with Crippen LogP contribution in [0.15, 0.2) is 36.4 Å². The van der Waals surface area contributed by atoms with Crippen molar-refractivity contribution in [2.24, 2.45) is 0 Å². The summed E-state index contributed by atoms with van der Waals surface area (Å²) in [5.74, 6) is -1.38. The average Bonchev–Trinajstić information content (AvgIpc) is 3.06. The molecule has 2 heterocycles. The van der Waals surface area contributed by atoms with E-state index in [0.29, 0.717) is 43.1 Å². The lowest BCUT2D eigenvalue weighted by Gasteiger charge is -2.24. The van der Waals surface area contributed by atoms with Crippen molar-refractivity contribution in [1.29, 1.82) is 0 Å². The summed E-state index contributed by atoms with van der Waals surface area (Å²) in [6.07, 6.45) is -0.202. The van der Waals surface area contributed by atoms with Gasteiger partial charge in [-0.15, -0.1) is 0 Å². The molecule has 35 heavy (non-hydrogen) atoms. The Kier molecular flexibility index (Phi) is 7.99. The number of hydroxylamine groups is 2. The molecule has 0 aliphatic carbocycles. The number of hydrogen-bond acceptors (Lipinski definition) is 8. The molecular formula is C24H27F2N3O5S. The third kappa shape index (κ3) is 5.98. The lowest BCUT2D eigenvalue weighted by atomic mass is 10.2. The fourth-order valence-corrected chi connectivity index (χ4v) is 4.26. The van der Waals surface area contributed by atoms with Gasteiger partial charge in [0.05, 0.1) is 32.5 Å². The van der Waals surface area contributed by atoms with Crippen molar-refractivity contribution in [3.8, 4) is 5.75 Å². The van der Waals surface area contributed by atoms with E-state index in [1.54, 1.807) is 28.2 Å². The zero-order chi connectivity index (χ0) is 24.9. The minimum Gasteiger partial charge on any atom is -0.508 e. The number of cyclic esters (lactones) is 1. The van der Waals surface area contributed by atoms with Gasteiger partial charge < -0.3 is 19.5 Å². The molecule has 1 N–H and O–H groups in total. The molecule has 0 saturated carbocycles. The van der Waals surface area contributed by atoms with Crippen LogP contribution in [0.3, 0.4) is 0 Å². The highest BCUT2D eigenvalue weighted by atomic mass is 32.1. The van der Waals surface area contributed by atoms with Crippen LogP contribution < -0.4 is 9.80 Å². The van der Waals surface area contributed by atoms with Gasteiger partial charge in [-0.05, 0) is 24.7 Å². The minimum absolute atomic E-state index is 0.0952. The van der Waals surface area contributed by atoms with E-state index in [9.17, 15) is 9.90 Å². The Hall–Kier alpha value is -3.02. The highest BCUT2D eigenvalue weighted by Gasteiger charge is 2.34. The van der Waals surface area contributed by atoms with E-state index in [1.807, 2.05) is 6.07 Å². The molecule has 0 aromatic heterocycles. The Morgan fingerprint density at radius 3 is 2.66 bits per heavy atom. The monoisotopic (exact) mass is 507 g/mol. The first kappa shape index (κ1) is 25.1. The number of amides is 1. The number of para-hydroxylation sites is 1. The number of anilines is 2. The van der Waals surface area contributed by atoms with Gasteiger partial charge in [0.15, 0.2) is 16.7 Å². The summed E-state index contributed by atoms with van der Waals surface area (Å²) in [5.41, 5.74) is 0.622. The highest BCUT2D eigenvalue weighted by molar-refractivity contribution is 7.80. The first-order valence-electron chi connectivity index (χ1n) is 11.3. The second-order valence-corrected chi connectivity index (χ2v) is 8.76. The summed E-state index contributed by atoms with van der Waals surface area (Å²) >= 11 is 5.00. The number of thiocarbonyl (C=S) groups is 1. The van der Waals surface area contributed by atoms with Crippen LogP contribution in [-0.2, 0) is 20.9 Å². The van der Waals surface area contributed by atoms with Crippen molar-refractivity contribution >= 4 is 34.7 Å². The number of nitrogens with zero attached hydrogens (tertiary/aromatic N) is 3. The summed E-state index contributed by atoms with van der Waals surface area (Å²) in [6.45, 7) is 1.70. The minimum atomic E-state index is -0.772. The molecule has 2 aromatic carbocycles. The maximum absolute atomic E-state index is 15.1. The third-order valence-electron chi connectivity index (χ3n) is 5.99. The van der Waals surface area contributed by atoms with E-state index in [2.05, 4.69) is 0 Å². The second-order valence-electron chi connectivity index (χ2n) is 8.30. The number of carbonyl (C=O) groups excluding carboxylic acids is 1. The van der Waals surface area contributed by atoms with Crippen LogP contribution in [-0.4, -0.2) is 67.3 Å². The van der Waals surface area contributed by atoms with Crippen LogP contribution in [0.2, 0.25) is 0 Å². The van der Waals surface area contributed by atoms with Gasteiger partial charge in [-0.2, -0.15) is 5.06 Å². The van der Waals surface area contributed by atoms with Crippen LogP contribution in [0, 0.1) is 11.6 Å². The maximum atomic E-state index is 15.1. The molecule has 2 aliphatic heterocycles. The van der Waals surface area contributed by atoms with Crippen LogP contribution in [0.25, 0.3) is 0 Å². The fraction of sp³-hybridized carbons (Fsp3) is 0.417. The molecule has 2 saturated heterocycles. The van der Waals surface area contributed by atoms with Gasteiger partial charge in [-0.25, -0.2) is 13.6 Å². The Morgan fingerprint density at radius 1 is 1.20 bits per heavy atom. The zero-order valence-electron chi connectivity index (χ0n) is 19.3. The average molecular weight is 508 g/mol. The zero-order valence-corrected chi connectivity index (χ0v) is 20.1. The molecular weight excluding hydrogens is 480 g/mol. The predicted molar refractivity (Wildman–Crippen MR) is 129 cm³/mol. The normalized spacial score (nSPS) is 18.9. The summed E-state index contributed by atoms with van der Waals surface area (Å²) in [6, 6.07) is 9.23. The molecule has 2 fully saturated rings. The van der Waals surface area contributed by atoms with Crippen LogP contribution in [0.1, 0.15) is 18.4 Å². The molecule has 0 radical (unpaired) electrons. The number of ether oxygens (including phenoxy) is 2. The molecule has 2 aromatic rings. The summed E-state index contributed by atoms with van der Waals surface area (Å²) < 4.78 is 40.5. The smallest absolute Gasteiger partial charge is 0.414 e. The van der Waals surface area contributed by atoms with Gasteiger partial charge in [-0.3, -0.25) is 9.74 Å². The van der Waals surface area contributed by atoms with Gasteiger partial charge >= 0.3 is 6.09 Å². The number of halogens is 2. The van der Waals surface area contributed by atoms with Gasteiger partial charge in [-0.1, -0.05) is 18.2 Å². The number of hydrogen-bond donors (Lipinski definition) is 1. The number of methoxy groups -OCH3 is 1. The standard InChI is InChI=1S/C24H27F2N3O5S/c1-32-22(35)7-6-18-15-29(24(31)34-18)17-12-19(25)23(20(26)13-17)27-8-9-28(33-11-10-27)14-16-4-2-3-5-21(16)30/h2-5,12-13,18,30H,6-11,14-15H2,1H3/t18-/m0/s1. The molecule has 0 bridgehead atoms. The molecule has 4 rings (SSSR count). The van der Waals surface area contributed by atoms with Crippen molar-refractivity contribution in [2.45, 2.75) is 25.5 Å². The molecule has 188 valence electrons. The van der Waals surface area contributed by atoms with E-state index in [-0.39, 0.29) is 36.8 Å². The predicted octanol–water partition coefficient (Wildman–Crippen LogP) is 4.00. The number of carbonyl (C=O) groups is 1. The van der Waals surface area contributed by atoms with Gasteiger partial charge in [0, 0.05) is 43.8 Å². The van der Waals surface area contributed by atoms with Crippen molar-refractivity contribution in [3.05, 3.63) is 53.6 Å². The van der Waals surface area contributed by atoms with Gasteiger partial charge in [0.2, 0.25) is 0 Å². The Labute approximate surface area is 207 Å². The number of benzene rings is 2. The Bertz CT molecular complexity index is 1070. The van der Waals surface area contributed by atoms with Crippen molar-refractivity contribution in [3.63, 3.8) is 0 Å². The molecule has 0 spiro atoms. The van der Waals surface area contributed by atoms with Crippen molar-refractivity contribution in [2.75, 3.05) is 49.7 Å². The lowest BCUT2D eigenvalue weighted by Crippen LogP contribution is -2.32. The Morgan fingerprint density at radius 2 is 1.94 bits per heavy atom. The van der Waals surface area contributed by atoms with E-state index in [4.69, 9.17) is 26.5 Å². The van der Waals surface area contributed by atoms with E-state index < -0.39 is 23.8 Å². The quantitative estimate of drug-likeness (QED) is 0.564. The molecule has 8 nitrogen and oxygen atoms in total. The van der Waals surface area contributed by atoms with Crippen LogP contribution >= 0.6 is 12.2 Å². The number of rotatable bonds is 7. The van der Waals surface area contributed by atoms with E-state index in [1.165, 1.54) is 12.0 Å². The summed E-state index contributed by atoms with van der Waals surface area (Å²) in [7, 11) is 1.48. The van der Waals surface area contributed by atoms with Crippen LogP contribution in [0.4, 0.5) is 25.0 Å². The molecule has 1 atom stereocenters. The molecule has 1 amide bonds. The number of aromatic hydroxyl groups is 1. The Balaban J connectivity index is 1.42. The first-order valence-corrected chi connectivity index (χ1v) is 11.7. The maximum Gasteiger partial charge on any atom is 0.414 e. The topological polar surface area (TPSA) is 74.7 Å². The summed E-state index contributed by atoms with van der Waals surface area (Å²) in [4.78, 5) is 20.8. The number of phenolic OH excluding ortho intramolecular Hbond substituents is 1. The fourth-order valence-electron chi connectivity index (χ4n) is 4.15. The van der Waals surface area contributed by atoms with Crippen molar-refractivity contribution < 1.29 is 33.0 Å². The van der Waals surface area contributed by atoms with Gasteiger partial charge in [0.1, 0.15) is 17.5 Å². The molecule has 2 aliphatic rings. The molecule has 11 heteroatoms. The number of phenols is 1. The SMILES string of the molecule is COC(=S)CC[C@H]1CN(c2cc(F)c(N3CCON(Cc4ccccc4O)CC3)c(F)c2)C(=O)O1. The molecule has 0 unspecified atom stereocenters. The highest BCUT2D eigenvalue weighted by Crippen LogP contribution is 2.32. The second kappa shape index (κ2) is 11.1. The van der Waals surface area contributed by atoms with E-state index >= 15 is 8.78 Å². The van der Waals surface area contributed by atoms with Crippen LogP contribution in [0.5, 0.6) is 5.75 Å². The largest absolute Gasteiger partial charge is 0.508 e. The first-order chi connectivity index (χ1) is 16.9.